The van der Waals surface area contributed by atoms with Gasteiger partial charge in [0.05, 0.1) is 24.4 Å². The van der Waals surface area contributed by atoms with Crippen molar-refractivity contribution in [2.45, 2.75) is 44.9 Å². The molecule has 12 heteroatoms. The lowest BCUT2D eigenvalue weighted by atomic mass is 10.0. The summed E-state index contributed by atoms with van der Waals surface area (Å²) < 4.78 is 33.7. The fourth-order valence-electron chi connectivity index (χ4n) is 3.96. The lowest BCUT2D eigenvalue weighted by Crippen LogP contribution is -2.40. The molecule has 34 heavy (non-hydrogen) atoms. The molecule has 1 fully saturated rings. The summed E-state index contributed by atoms with van der Waals surface area (Å²) >= 11 is 0. The number of likely N-dealkylation sites (tertiary alicyclic amines) is 1. The maximum absolute atomic E-state index is 12.9. The molecule has 3 aromatic rings. The maximum atomic E-state index is 12.9. The third kappa shape index (κ3) is 6.13. The highest BCUT2D eigenvalue weighted by Gasteiger charge is 2.38. The van der Waals surface area contributed by atoms with E-state index in [2.05, 4.69) is 32.7 Å². The van der Waals surface area contributed by atoms with Gasteiger partial charge < -0.3 is 20.3 Å². The van der Waals surface area contributed by atoms with Gasteiger partial charge in [0.1, 0.15) is 0 Å². The average Bonchev–Trinajstić information content (AvgIpc) is 3.38. The Hall–Kier alpha value is -3.41. The molecule has 0 bridgehead atoms. The van der Waals surface area contributed by atoms with Crippen LogP contribution in [0, 0.1) is 6.92 Å². The van der Waals surface area contributed by atoms with Crippen molar-refractivity contribution in [2.24, 2.45) is 0 Å². The first-order valence-corrected chi connectivity index (χ1v) is 10.8. The van der Waals surface area contributed by atoms with E-state index in [1.807, 2.05) is 41.9 Å². The standard InChI is InChI=1S/C20H26N6O.C2HF3O2/c1-14-18(17-5-3-4-6-19(17)22-14)11-20(27)25-9-7-16(8-10-25)26-13-15(12-21-2)23-24-26;3-2(4,5)1(6)7/h3-6,13,16,21-22H,7-12H2,1-2H3;(H,6,7). The van der Waals surface area contributed by atoms with Crippen molar-refractivity contribution in [1.29, 1.82) is 0 Å². The molecule has 3 N–H and O–H groups in total. The molecule has 1 amide bonds. The molecule has 4 rings (SSSR count). The van der Waals surface area contributed by atoms with Crippen molar-refractivity contribution in [3.05, 3.63) is 47.4 Å². The summed E-state index contributed by atoms with van der Waals surface area (Å²) in [5.74, 6) is -2.55. The summed E-state index contributed by atoms with van der Waals surface area (Å²) in [6, 6.07) is 8.50. The van der Waals surface area contributed by atoms with Gasteiger partial charge in [0, 0.05) is 36.2 Å². The number of carbonyl (C=O) groups excluding carboxylic acids is 1. The molecule has 0 saturated carbocycles. The molecule has 1 aliphatic heterocycles. The zero-order chi connectivity index (χ0) is 24.9. The summed E-state index contributed by atoms with van der Waals surface area (Å²) in [5.41, 5.74) is 4.25. The lowest BCUT2D eigenvalue weighted by molar-refractivity contribution is -0.192. The monoisotopic (exact) mass is 480 g/mol. The molecule has 0 unspecified atom stereocenters. The third-order valence-electron chi connectivity index (χ3n) is 5.70. The summed E-state index contributed by atoms with van der Waals surface area (Å²) in [5, 5.41) is 19.8. The Morgan fingerprint density at radius 3 is 2.50 bits per heavy atom. The highest BCUT2D eigenvalue weighted by atomic mass is 19.4. The van der Waals surface area contributed by atoms with Crippen LogP contribution >= 0.6 is 0 Å². The number of aryl methyl sites for hydroxylation is 1. The number of H-pyrrole nitrogens is 1. The molecule has 0 spiro atoms. The zero-order valence-electron chi connectivity index (χ0n) is 18.9. The molecule has 184 valence electrons. The number of benzene rings is 1. The summed E-state index contributed by atoms with van der Waals surface area (Å²) in [6.07, 6.45) is -0.786. The number of carboxylic acid groups (broad SMARTS) is 1. The van der Waals surface area contributed by atoms with E-state index in [1.54, 1.807) is 0 Å². The Bertz CT molecular complexity index is 1130. The normalized spacial score (nSPS) is 14.7. The van der Waals surface area contributed by atoms with Crippen LogP contribution in [-0.2, 0) is 22.6 Å². The number of carboxylic acids is 1. The number of aromatic amines is 1. The van der Waals surface area contributed by atoms with E-state index < -0.39 is 12.1 Å². The number of nitrogens with zero attached hydrogens (tertiary/aromatic N) is 4. The van der Waals surface area contributed by atoms with Crippen molar-refractivity contribution in [1.82, 2.24) is 30.2 Å². The number of nitrogens with one attached hydrogen (secondary N) is 2. The number of piperidine rings is 1. The Kier molecular flexibility index (Phi) is 7.92. The minimum atomic E-state index is -5.08. The third-order valence-corrected chi connectivity index (χ3v) is 5.70. The Morgan fingerprint density at radius 1 is 1.24 bits per heavy atom. The number of hydrogen-bond donors (Lipinski definition) is 3. The van der Waals surface area contributed by atoms with Gasteiger partial charge in [0.25, 0.3) is 0 Å². The van der Waals surface area contributed by atoms with Gasteiger partial charge in [0.15, 0.2) is 0 Å². The molecule has 0 radical (unpaired) electrons. The number of aliphatic carboxylic acids is 1. The van der Waals surface area contributed by atoms with E-state index in [0.29, 0.717) is 12.5 Å². The first-order valence-electron chi connectivity index (χ1n) is 10.8. The van der Waals surface area contributed by atoms with Gasteiger partial charge in [-0.3, -0.25) is 4.79 Å². The molecule has 1 saturated heterocycles. The lowest BCUT2D eigenvalue weighted by Gasteiger charge is -2.32. The minimum absolute atomic E-state index is 0.204. The van der Waals surface area contributed by atoms with Crippen LogP contribution in [0.3, 0.4) is 0 Å². The quantitative estimate of drug-likeness (QED) is 0.517. The first kappa shape index (κ1) is 25.2. The molecule has 1 aromatic carbocycles. The number of amides is 1. The number of rotatable bonds is 5. The average molecular weight is 480 g/mol. The zero-order valence-corrected chi connectivity index (χ0v) is 18.9. The van der Waals surface area contributed by atoms with Crippen molar-refractivity contribution >= 4 is 22.8 Å². The number of para-hydroxylation sites is 1. The predicted octanol–water partition coefficient (Wildman–Crippen LogP) is 2.83. The second-order valence-electron chi connectivity index (χ2n) is 8.09. The van der Waals surface area contributed by atoms with Gasteiger partial charge in [-0.05, 0) is 38.4 Å². The highest BCUT2D eigenvalue weighted by Crippen LogP contribution is 2.25. The van der Waals surface area contributed by atoms with E-state index >= 15 is 0 Å². The summed E-state index contributed by atoms with van der Waals surface area (Å²) in [7, 11) is 1.90. The summed E-state index contributed by atoms with van der Waals surface area (Å²) in [4.78, 5) is 27.1. The predicted molar refractivity (Wildman–Crippen MR) is 118 cm³/mol. The Balaban J connectivity index is 0.000000406. The molecule has 2 aromatic heterocycles. The molecular formula is C22H27F3N6O3. The van der Waals surface area contributed by atoms with E-state index in [0.717, 1.165) is 60.3 Å². The Labute approximate surface area is 193 Å². The number of aromatic nitrogens is 4. The van der Waals surface area contributed by atoms with E-state index in [-0.39, 0.29) is 5.91 Å². The van der Waals surface area contributed by atoms with Crippen molar-refractivity contribution < 1.29 is 27.9 Å². The minimum Gasteiger partial charge on any atom is -0.475 e. The van der Waals surface area contributed by atoms with Crippen LogP contribution in [-0.4, -0.2) is 68.2 Å². The van der Waals surface area contributed by atoms with Crippen molar-refractivity contribution in [2.75, 3.05) is 20.1 Å². The van der Waals surface area contributed by atoms with Crippen LogP contribution in [0.2, 0.25) is 0 Å². The van der Waals surface area contributed by atoms with Crippen molar-refractivity contribution in [3.63, 3.8) is 0 Å². The highest BCUT2D eigenvalue weighted by molar-refractivity contribution is 5.90. The molecule has 0 atom stereocenters. The van der Waals surface area contributed by atoms with Gasteiger partial charge in [-0.1, -0.05) is 23.4 Å². The molecular weight excluding hydrogens is 453 g/mol. The topological polar surface area (TPSA) is 116 Å². The fourth-order valence-corrected chi connectivity index (χ4v) is 3.96. The molecule has 1 aliphatic rings. The van der Waals surface area contributed by atoms with E-state index in [1.165, 1.54) is 0 Å². The number of alkyl halides is 3. The van der Waals surface area contributed by atoms with Crippen LogP contribution in [0.15, 0.2) is 30.5 Å². The van der Waals surface area contributed by atoms with Crippen LogP contribution < -0.4 is 5.32 Å². The second kappa shape index (κ2) is 10.7. The molecule has 0 aliphatic carbocycles. The smallest absolute Gasteiger partial charge is 0.475 e. The van der Waals surface area contributed by atoms with E-state index in [4.69, 9.17) is 9.90 Å². The number of halogens is 3. The largest absolute Gasteiger partial charge is 0.490 e. The van der Waals surface area contributed by atoms with Gasteiger partial charge in [-0.2, -0.15) is 13.2 Å². The van der Waals surface area contributed by atoms with Crippen LogP contribution in [0.4, 0.5) is 13.2 Å². The fraction of sp³-hybridized carbons (Fsp3) is 0.455. The van der Waals surface area contributed by atoms with Gasteiger partial charge >= 0.3 is 12.1 Å². The number of fused-ring (bicyclic) bond motifs is 1. The van der Waals surface area contributed by atoms with Crippen LogP contribution in [0.25, 0.3) is 10.9 Å². The Morgan fingerprint density at radius 2 is 1.88 bits per heavy atom. The van der Waals surface area contributed by atoms with Crippen molar-refractivity contribution in [3.8, 4) is 0 Å². The van der Waals surface area contributed by atoms with Gasteiger partial charge in [-0.25, -0.2) is 9.48 Å². The SMILES string of the molecule is CNCc1cn(C2CCN(C(=O)Cc3c(C)[nH]c4ccccc34)CC2)nn1.O=C(O)C(F)(F)F. The van der Waals surface area contributed by atoms with Crippen LogP contribution in [0.1, 0.15) is 35.8 Å². The first-order chi connectivity index (χ1) is 16.1. The number of hydrogen-bond acceptors (Lipinski definition) is 5. The maximum Gasteiger partial charge on any atom is 0.490 e. The second-order valence-corrected chi connectivity index (χ2v) is 8.09. The van der Waals surface area contributed by atoms with Gasteiger partial charge in [0.2, 0.25) is 5.91 Å². The van der Waals surface area contributed by atoms with Gasteiger partial charge in [-0.15, -0.1) is 5.10 Å². The molecule has 3 heterocycles. The van der Waals surface area contributed by atoms with Crippen LogP contribution in [0.5, 0.6) is 0 Å². The molecule has 9 nitrogen and oxygen atoms in total. The number of carbonyl (C=O) groups is 2. The van der Waals surface area contributed by atoms with E-state index in [9.17, 15) is 18.0 Å². The summed E-state index contributed by atoms with van der Waals surface area (Å²) in [6.45, 7) is 4.31.